The quantitative estimate of drug-likeness (QED) is 0.470. The molecule has 0 spiro atoms. The van der Waals surface area contributed by atoms with E-state index in [1.807, 2.05) is 12.1 Å². The molecule has 2 atom stereocenters. The van der Waals surface area contributed by atoms with Crippen LogP contribution in [0.25, 0.3) is 0 Å². The highest BCUT2D eigenvalue weighted by Crippen LogP contribution is 2.49. The predicted molar refractivity (Wildman–Crippen MR) is 137 cm³/mol. The summed E-state index contributed by atoms with van der Waals surface area (Å²) < 4.78 is 26.6. The van der Waals surface area contributed by atoms with Crippen LogP contribution in [0.1, 0.15) is 74.0 Å². The van der Waals surface area contributed by atoms with Crippen LogP contribution < -0.4 is 4.90 Å². The SMILES string of the molecule is COC(OC)C1CCN(c2ccc([C@@H]3c4ccc(O)cc4CC[C@@H]3C3CCCCC3)cc2F)CC1. The summed E-state index contributed by atoms with van der Waals surface area (Å²) in [6.45, 7) is 1.61. The van der Waals surface area contributed by atoms with Crippen molar-refractivity contribution >= 4 is 5.69 Å². The lowest BCUT2D eigenvalue weighted by Crippen LogP contribution is -2.39. The highest BCUT2D eigenvalue weighted by molar-refractivity contribution is 5.52. The van der Waals surface area contributed by atoms with Gasteiger partial charge in [0, 0.05) is 39.1 Å². The van der Waals surface area contributed by atoms with Crippen molar-refractivity contribution in [2.45, 2.75) is 70.0 Å². The van der Waals surface area contributed by atoms with Gasteiger partial charge in [-0.2, -0.15) is 0 Å². The van der Waals surface area contributed by atoms with Crippen molar-refractivity contribution in [2.24, 2.45) is 17.8 Å². The van der Waals surface area contributed by atoms with Crippen molar-refractivity contribution in [1.29, 1.82) is 0 Å². The number of aromatic hydroxyl groups is 1. The molecule has 1 saturated heterocycles. The molecule has 0 radical (unpaired) electrons. The molecule has 1 saturated carbocycles. The monoisotopic (exact) mass is 481 g/mol. The summed E-state index contributed by atoms with van der Waals surface area (Å²) in [6, 6.07) is 11.8. The van der Waals surface area contributed by atoms with Gasteiger partial charge < -0.3 is 19.5 Å². The second-order valence-electron chi connectivity index (χ2n) is 10.8. The molecule has 5 heteroatoms. The molecule has 190 valence electrons. The molecule has 1 heterocycles. The summed E-state index contributed by atoms with van der Waals surface area (Å²) in [6.07, 6.45) is 10.3. The molecule has 0 amide bonds. The first-order chi connectivity index (χ1) is 17.1. The Morgan fingerprint density at radius 3 is 2.34 bits per heavy atom. The first-order valence-corrected chi connectivity index (χ1v) is 13.5. The van der Waals surface area contributed by atoms with Crippen LogP contribution in [-0.2, 0) is 15.9 Å². The minimum atomic E-state index is -0.188. The van der Waals surface area contributed by atoms with Gasteiger partial charge in [-0.25, -0.2) is 4.39 Å². The summed E-state index contributed by atoms with van der Waals surface area (Å²) >= 11 is 0. The van der Waals surface area contributed by atoms with Gasteiger partial charge in [0.2, 0.25) is 0 Å². The van der Waals surface area contributed by atoms with E-state index in [9.17, 15) is 5.11 Å². The highest BCUT2D eigenvalue weighted by atomic mass is 19.1. The molecular formula is C30H40FNO3. The van der Waals surface area contributed by atoms with Crippen LogP contribution in [0.15, 0.2) is 36.4 Å². The van der Waals surface area contributed by atoms with E-state index in [4.69, 9.17) is 9.47 Å². The van der Waals surface area contributed by atoms with Crippen LogP contribution in [-0.4, -0.2) is 38.7 Å². The molecule has 0 unspecified atom stereocenters. The van der Waals surface area contributed by atoms with Gasteiger partial charge in [-0.1, -0.05) is 44.2 Å². The summed E-state index contributed by atoms with van der Waals surface area (Å²) in [7, 11) is 3.37. The molecule has 1 aliphatic heterocycles. The van der Waals surface area contributed by atoms with Crippen LogP contribution in [0.3, 0.4) is 0 Å². The average Bonchev–Trinajstić information content (AvgIpc) is 2.89. The summed E-state index contributed by atoms with van der Waals surface area (Å²) in [5.74, 6) is 1.98. The number of hydrogen-bond acceptors (Lipinski definition) is 4. The van der Waals surface area contributed by atoms with Gasteiger partial charge in [0.25, 0.3) is 0 Å². The van der Waals surface area contributed by atoms with E-state index in [0.29, 0.717) is 29.2 Å². The van der Waals surface area contributed by atoms with E-state index in [2.05, 4.69) is 17.0 Å². The third-order valence-corrected chi connectivity index (χ3v) is 8.95. The fourth-order valence-electron chi connectivity index (χ4n) is 7.20. The Hall–Kier alpha value is -2.11. The number of benzene rings is 2. The van der Waals surface area contributed by atoms with Crippen molar-refractivity contribution in [3.63, 3.8) is 0 Å². The maximum Gasteiger partial charge on any atom is 0.159 e. The zero-order chi connectivity index (χ0) is 24.4. The van der Waals surface area contributed by atoms with Gasteiger partial charge in [-0.15, -0.1) is 0 Å². The summed E-state index contributed by atoms with van der Waals surface area (Å²) in [4.78, 5) is 2.17. The molecule has 1 N–H and O–H groups in total. The van der Waals surface area contributed by atoms with Gasteiger partial charge in [-0.3, -0.25) is 0 Å². The predicted octanol–water partition coefficient (Wildman–Crippen LogP) is 6.64. The Labute approximate surface area is 209 Å². The molecule has 2 aromatic carbocycles. The Balaban J connectivity index is 1.40. The van der Waals surface area contributed by atoms with E-state index in [0.717, 1.165) is 44.3 Å². The molecule has 2 aliphatic carbocycles. The van der Waals surface area contributed by atoms with E-state index in [1.165, 1.54) is 43.2 Å². The minimum absolute atomic E-state index is 0.121. The van der Waals surface area contributed by atoms with Crippen molar-refractivity contribution in [2.75, 3.05) is 32.2 Å². The number of hydrogen-bond donors (Lipinski definition) is 1. The van der Waals surface area contributed by atoms with Crippen LogP contribution in [0, 0.1) is 23.6 Å². The Morgan fingerprint density at radius 2 is 1.66 bits per heavy atom. The smallest absolute Gasteiger partial charge is 0.159 e. The number of nitrogens with zero attached hydrogens (tertiary/aromatic N) is 1. The summed E-state index contributed by atoms with van der Waals surface area (Å²) in [5, 5.41) is 10.1. The largest absolute Gasteiger partial charge is 0.508 e. The standard InChI is InChI=1S/C30H40FNO3/c1-34-30(35-2)21-14-16-32(17-15-21)28-13-9-23(19-27(28)31)29-25(20-6-4-3-5-7-20)11-8-22-18-24(33)10-12-26(22)29/h9-10,12-13,18-21,25,29-30,33H,3-8,11,14-17H2,1-2H3/t25-,29+/m1/s1. The number of phenols is 1. The zero-order valence-corrected chi connectivity index (χ0v) is 21.2. The van der Waals surface area contributed by atoms with Crippen LogP contribution in [0.2, 0.25) is 0 Å². The number of methoxy groups -OCH3 is 2. The number of halogens is 1. The minimum Gasteiger partial charge on any atom is -0.508 e. The zero-order valence-electron chi connectivity index (χ0n) is 21.2. The van der Waals surface area contributed by atoms with Crippen molar-refractivity contribution in [3.8, 4) is 5.75 Å². The number of anilines is 1. The lowest BCUT2D eigenvalue weighted by Gasteiger charge is -2.41. The van der Waals surface area contributed by atoms with Crippen LogP contribution >= 0.6 is 0 Å². The fraction of sp³-hybridized carbons (Fsp3) is 0.600. The van der Waals surface area contributed by atoms with E-state index >= 15 is 4.39 Å². The van der Waals surface area contributed by atoms with Crippen molar-refractivity contribution < 1.29 is 19.0 Å². The first-order valence-electron chi connectivity index (χ1n) is 13.5. The van der Waals surface area contributed by atoms with Crippen LogP contribution in [0.5, 0.6) is 5.75 Å². The molecule has 2 aromatic rings. The number of aryl methyl sites for hydroxylation is 1. The van der Waals surface area contributed by atoms with Crippen molar-refractivity contribution in [3.05, 3.63) is 58.9 Å². The normalized spacial score (nSPS) is 24.1. The molecule has 4 nitrogen and oxygen atoms in total. The maximum atomic E-state index is 15.7. The number of piperidine rings is 1. The van der Waals surface area contributed by atoms with Crippen molar-refractivity contribution in [1.82, 2.24) is 0 Å². The molecule has 35 heavy (non-hydrogen) atoms. The van der Waals surface area contributed by atoms with E-state index < -0.39 is 0 Å². The third-order valence-electron chi connectivity index (χ3n) is 8.95. The molecule has 2 fully saturated rings. The topological polar surface area (TPSA) is 41.9 Å². The van der Waals surface area contributed by atoms with E-state index in [-0.39, 0.29) is 18.0 Å². The lowest BCUT2D eigenvalue weighted by atomic mass is 9.64. The fourth-order valence-corrected chi connectivity index (χ4v) is 7.20. The first kappa shape index (κ1) is 24.6. The molecule has 3 aliphatic rings. The maximum absolute atomic E-state index is 15.7. The highest BCUT2D eigenvalue weighted by Gasteiger charge is 2.37. The Kier molecular flexibility index (Phi) is 7.64. The van der Waals surface area contributed by atoms with E-state index in [1.54, 1.807) is 26.4 Å². The molecule has 0 aromatic heterocycles. The van der Waals surface area contributed by atoms with Gasteiger partial charge >= 0.3 is 0 Å². The van der Waals surface area contributed by atoms with Crippen LogP contribution in [0.4, 0.5) is 10.1 Å². The third kappa shape index (κ3) is 5.08. The Bertz CT molecular complexity index is 993. The van der Waals surface area contributed by atoms with Gasteiger partial charge in [0.15, 0.2) is 6.29 Å². The lowest BCUT2D eigenvalue weighted by molar-refractivity contribution is -0.141. The van der Waals surface area contributed by atoms with Gasteiger partial charge in [0.1, 0.15) is 11.6 Å². The van der Waals surface area contributed by atoms with Gasteiger partial charge in [-0.05, 0) is 78.5 Å². The Morgan fingerprint density at radius 1 is 0.914 bits per heavy atom. The number of phenolic OH excluding ortho intramolecular Hbond substituents is 1. The number of rotatable bonds is 6. The second-order valence-corrected chi connectivity index (χ2v) is 10.8. The average molecular weight is 482 g/mol. The molecular weight excluding hydrogens is 441 g/mol. The molecule has 0 bridgehead atoms. The summed E-state index contributed by atoms with van der Waals surface area (Å²) in [5.41, 5.74) is 4.29. The number of ether oxygens (including phenoxy) is 2. The molecule has 5 rings (SSSR count). The number of fused-ring (bicyclic) bond motifs is 1. The van der Waals surface area contributed by atoms with Gasteiger partial charge in [0.05, 0.1) is 5.69 Å². The second kappa shape index (κ2) is 10.9.